The molecule has 0 spiro atoms. The van der Waals surface area contributed by atoms with Gasteiger partial charge >= 0.3 is 0 Å². The van der Waals surface area contributed by atoms with E-state index in [1.807, 2.05) is 13.0 Å². The molecule has 0 N–H and O–H groups in total. The number of hydrogen-bond acceptors (Lipinski definition) is 2. The van der Waals surface area contributed by atoms with E-state index in [1.54, 1.807) is 6.20 Å². The maximum atomic E-state index is 3.95. The van der Waals surface area contributed by atoms with Gasteiger partial charge in [-0.3, -0.25) is 0 Å². The summed E-state index contributed by atoms with van der Waals surface area (Å²) in [6, 6.07) is 1.84. The van der Waals surface area contributed by atoms with Crippen molar-refractivity contribution in [1.82, 2.24) is 9.97 Å². The van der Waals surface area contributed by atoms with Gasteiger partial charge in [0.25, 0.3) is 0 Å². The van der Waals surface area contributed by atoms with Gasteiger partial charge in [-0.1, -0.05) is 0 Å². The molecule has 0 saturated heterocycles. The van der Waals surface area contributed by atoms with Crippen molar-refractivity contribution < 1.29 is 0 Å². The first-order valence-electron chi connectivity index (χ1n) is 2.40. The molecule has 0 unspecified atom stereocenters. The third-order valence-electron chi connectivity index (χ3n) is 0.845. The van der Waals surface area contributed by atoms with Crippen LogP contribution in [0.25, 0.3) is 0 Å². The first-order valence-corrected chi connectivity index (χ1v) is 2.40. The molecule has 0 atom stereocenters. The van der Waals surface area contributed by atoms with Crippen LogP contribution in [0, 0.1) is 13.8 Å². The lowest BCUT2D eigenvalue weighted by Gasteiger charge is -1.89. The largest absolute Gasteiger partial charge is 0.241 e. The van der Waals surface area contributed by atoms with Crippen molar-refractivity contribution in [2.75, 3.05) is 0 Å². The van der Waals surface area contributed by atoms with Gasteiger partial charge in [0.2, 0.25) is 0 Å². The fraction of sp³-hybridized carbons (Fsp3) is 0.167. The fourth-order valence-corrected chi connectivity index (χ4v) is 0.501. The molecule has 0 aromatic carbocycles. The van der Waals surface area contributed by atoms with Crippen LogP contribution in [0.4, 0.5) is 0 Å². The summed E-state index contributed by atoms with van der Waals surface area (Å²) in [4.78, 5) is 7.77. The SMILES string of the molecule is [CH2]c1nccc(C)n1. The molecule has 1 heterocycles. The third-order valence-corrected chi connectivity index (χ3v) is 0.845. The van der Waals surface area contributed by atoms with Gasteiger partial charge in [0.1, 0.15) is 5.82 Å². The Morgan fingerprint density at radius 2 is 2.38 bits per heavy atom. The quantitative estimate of drug-likeness (QED) is 0.493. The lowest BCUT2D eigenvalue weighted by molar-refractivity contribution is 1.06. The zero-order valence-electron chi connectivity index (χ0n) is 4.76. The van der Waals surface area contributed by atoms with E-state index in [2.05, 4.69) is 16.9 Å². The molecule has 0 amide bonds. The van der Waals surface area contributed by atoms with Crippen molar-refractivity contribution in [2.24, 2.45) is 0 Å². The minimum Gasteiger partial charge on any atom is -0.241 e. The van der Waals surface area contributed by atoms with Crippen molar-refractivity contribution >= 4 is 0 Å². The summed E-state index contributed by atoms with van der Waals surface area (Å²) in [5.41, 5.74) is 0.963. The number of hydrogen-bond donors (Lipinski definition) is 0. The van der Waals surface area contributed by atoms with E-state index >= 15 is 0 Å². The minimum atomic E-state index is 0.588. The molecule has 1 aromatic rings. The third kappa shape index (κ3) is 1.03. The van der Waals surface area contributed by atoms with Crippen molar-refractivity contribution in [3.05, 3.63) is 30.7 Å². The molecular weight excluding hydrogens is 100 g/mol. The van der Waals surface area contributed by atoms with Gasteiger partial charge in [-0.15, -0.1) is 0 Å². The van der Waals surface area contributed by atoms with Crippen LogP contribution in [0.5, 0.6) is 0 Å². The molecule has 0 saturated carbocycles. The van der Waals surface area contributed by atoms with E-state index in [1.165, 1.54) is 0 Å². The average Bonchev–Trinajstić information content (AvgIpc) is 1.64. The Hall–Kier alpha value is -0.920. The molecule has 41 valence electrons. The molecule has 1 aromatic heterocycles. The summed E-state index contributed by atoms with van der Waals surface area (Å²) < 4.78 is 0. The topological polar surface area (TPSA) is 25.8 Å². The first kappa shape index (κ1) is 5.22. The molecule has 2 heteroatoms. The summed E-state index contributed by atoms with van der Waals surface area (Å²) in [6.07, 6.45) is 1.70. The Morgan fingerprint density at radius 1 is 1.62 bits per heavy atom. The van der Waals surface area contributed by atoms with Crippen molar-refractivity contribution in [1.29, 1.82) is 0 Å². The Balaban J connectivity index is 3.08. The summed E-state index contributed by atoms with van der Waals surface area (Å²) in [7, 11) is 0. The molecule has 0 aliphatic rings. The van der Waals surface area contributed by atoms with Crippen LogP contribution in [-0.2, 0) is 0 Å². The molecule has 0 aliphatic carbocycles. The van der Waals surface area contributed by atoms with Gasteiger partial charge in [-0.05, 0) is 13.0 Å². The van der Waals surface area contributed by atoms with E-state index in [4.69, 9.17) is 0 Å². The van der Waals surface area contributed by atoms with E-state index in [-0.39, 0.29) is 0 Å². The second-order valence-electron chi connectivity index (χ2n) is 1.61. The second kappa shape index (κ2) is 1.90. The van der Waals surface area contributed by atoms with Crippen molar-refractivity contribution in [3.63, 3.8) is 0 Å². The average molecular weight is 107 g/mol. The highest BCUT2D eigenvalue weighted by Crippen LogP contribution is 1.88. The number of nitrogens with zero attached hydrogens (tertiary/aromatic N) is 2. The molecule has 0 bridgehead atoms. The van der Waals surface area contributed by atoms with Crippen LogP contribution >= 0.6 is 0 Å². The maximum absolute atomic E-state index is 3.95. The van der Waals surface area contributed by atoms with Gasteiger partial charge in [0.05, 0.1) is 0 Å². The van der Waals surface area contributed by atoms with Gasteiger partial charge in [0.15, 0.2) is 0 Å². The van der Waals surface area contributed by atoms with Gasteiger partial charge in [-0.25, -0.2) is 9.97 Å². The number of rotatable bonds is 0. The van der Waals surface area contributed by atoms with Crippen LogP contribution in [0.2, 0.25) is 0 Å². The highest BCUT2D eigenvalue weighted by molar-refractivity contribution is 5.00. The van der Waals surface area contributed by atoms with E-state index in [0.717, 1.165) is 5.69 Å². The predicted octanol–water partition coefficient (Wildman–Crippen LogP) is 0.967. The molecule has 1 radical (unpaired) electrons. The van der Waals surface area contributed by atoms with Gasteiger partial charge in [0, 0.05) is 18.8 Å². The van der Waals surface area contributed by atoms with Crippen LogP contribution in [0.1, 0.15) is 11.5 Å². The Labute approximate surface area is 48.6 Å². The minimum absolute atomic E-state index is 0.588. The van der Waals surface area contributed by atoms with Gasteiger partial charge < -0.3 is 0 Å². The zero-order valence-corrected chi connectivity index (χ0v) is 4.76. The van der Waals surface area contributed by atoms with E-state index < -0.39 is 0 Å². The van der Waals surface area contributed by atoms with Crippen LogP contribution < -0.4 is 0 Å². The Bertz CT molecular complexity index is 166. The highest BCUT2D eigenvalue weighted by Gasteiger charge is 1.83. The molecular formula is C6H7N2. The lowest BCUT2D eigenvalue weighted by atomic mass is 10.4. The predicted molar refractivity (Wildman–Crippen MR) is 31.2 cm³/mol. The standard InChI is InChI=1S/C6H7N2/c1-5-3-4-7-6(2)8-5/h3-4H,2H2,1H3. The molecule has 2 nitrogen and oxygen atoms in total. The van der Waals surface area contributed by atoms with Crippen LogP contribution in [0.15, 0.2) is 12.3 Å². The van der Waals surface area contributed by atoms with Crippen LogP contribution in [-0.4, -0.2) is 9.97 Å². The Kier molecular flexibility index (Phi) is 1.24. The number of aryl methyl sites for hydroxylation is 1. The summed E-state index contributed by atoms with van der Waals surface area (Å²) >= 11 is 0. The van der Waals surface area contributed by atoms with Gasteiger partial charge in [-0.2, -0.15) is 0 Å². The van der Waals surface area contributed by atoms with Crippen molar-refractivity contribution in [3.8, 4) is 0 Å². The molecule has 0 fully saturated rings. The summed E-state index contributed by atoms with van der Waals surface area (Å²) in [5.74, 6) is 0.588. The summed E-state index contributed by atoms with van der Waals surface area (Å²) in [5, 5.41) is 0. The number of aromatic nitrogens is 2. The van der Waals surface area contributed by atoms with E-state index in [0.29, 0.717) is 5.82 Å². The molecule has 8 heavy (non-hydrogen) atoms. The normalized spacial score (nSPS) is 9.25. The smallest absolute Gasteiger partial charge is 0.128 e. The Morgan fingerprint density at radius 3 is 2.75 bits per heavy atom. The first-order chi connectivity index (χ1) is 3.79. The highest BCUT2D eigenvalue weighted by atomic mass is 14.9. The zero-order chi connectivity index (χ0) is 5.98. The lowest BCUT2D eigenvalue weighted by Crippen LogP contribution is -1.86. The fourth-order valence-electron chi connectivity index (χ4n) is 0.501. The summed E-state index contributed by atoms with van der Waals surface area (Å²) in [6.45, 7) is 5.47. The second-order valence-corrected chi connectivity index (χ2v) is 1.61. The van der Waals surface area contributed by atoms with Crippen molar-refractivity contribution in [2.45, 2.75) is 6.92 Å². The molecule has 1 rings (SSSR count). The monoisotopic (exact) mass is 107 g/mol. The molecule has 0 aliphatic heterocycles. The maximum Gasteiger partial charge on any atom is 0.128 e. The van der Waals surface area contributed by atoms with Crippen LogP contribution in [0.3, 0.4) is 0 Å². The van der Waals surface area contributed by atoms with E-state index in [9.17, 15) is 0 Å².